The molecule has 1 aliphatic carbocycles. The van der Waals surface area contributed by atoms with E-state index in [0.717, 1.165) is 19.3 Å². The van der Waals surface area contributed by atoms with E-state index in [1.54, 1.807) is 18.2 Å². The van der Waals surface area contributed by atoms with Crippen LogP contribution >= 0.6 is 0 Å². The number of phenolic OH excluding ortho intramolecular Hbond substituents is 1. The Bertz CT molecular complexity index is 1470. The van der Waals surface area contributed by atoms with E-state index in [9.17, 15) is 24.6 Å². The highest BCUT2D eigenvalue weighted by Crippen LogP contribution is 2.42. The van der Waals surface area contributed by atoms with Crippen LogP contribution in [0.4, 0.5) is 0 Å². The van der Waals surface area contributed by atoms with Crippen molar-refractivity contribution in [1.82, 2.24) is 5.32 Å². The lowest BCUT2D eigenvalue weighted by Crippen LogP contribution is -2.24. The fraction of sp³-hybridized carbons (Fsp3) is 0.300. The lowest BCUT2D eigenvalue weighted by atomic mass is 9.89. The van der Waals surface area contributed by atoms with Gasteiger partial charge in [-0.25, -0.2) is 4.79 Å². The van der Waals surface area contributed by atoms with Gasteiger partial charge in [0.15, 0.2) is 5.43 Å². The van der Waals surface area contributed by atoms with Gasteiger partial charge in [0, 0.05) is 40.8 Å². The average Bonchev–Trinajstić information content (AvgIpc) is 2.85. The van der Waals surface area contributed by atoms with Crippen LogP contribution in [0.25, 0.3) is 33.4 Å². The number of hydrogen-bond donors (Lipinski definition) is 3. The van der Waals surface area contributed by atoms with Gasteiger partial charge < -0.3 is 19.9 Å². The Labute approximate surface area is 215 Å². The van der Waals surface area contributed by atoms with Gasteiger partial charge in [-0.1, -0.05) is 39.5 Å². The van der Waals surface area contributed by atoms with Crippen LogP contribution in [-0.4, -0.2) is 28.6 Å². The first-order chi connectivity index (χ1) is 17.7. The first-order valence-corrected chi connectivity index (χ1v) is 12.6. The molecule has 1 aliphatic heterocycles. The van der Waals surface area contributed by atoms with Crippen molar-refractivity contribution in [2.45, 2.75) is 46.0 Å². The largest absolute Gasteiger partial charge is 0.508 e. The molecule has 0 spiro atoms. The smallest absolute Gasteiger partial charge is 0.336 e. The summed E-state index contributed by atoms with van der Waals surface area (Å²) in [4.78, 5) is 37.1. The zero-order valence-corrected chi connectivity index (χ0v) is 21.0. The number of rotatable bonds is 10. The van der Waals surface area contributed by atoms with Crippen molar-refractivity contribution in [3.63, 3.8) is 0 Å². The van der Waals surface area contributed by atoms with Gasteiger partial charge in [0.25, 0.3) is 5.91 Å². The molecule has 7 nitrogen and oxygen atoms in total. The lowest BCUT2D eigenvalue weighted by Gasteiger charge is -2.17. The van der Waals surface area contributed by atoms with Crippen LogP contribution in [0, 0.1) is 5.92 Å². The van der Waals surface area contributed by atoms with Crippen molar-refractivity contribution in [2.75, 3.05) is 6.54 Å². The van der Waals surface area contributed by atoms with Gasteiger partial charge in [-0.05, 0) is 60.4 Å². The van der Waals surface area contributed by atoms with E-state index in [2.05, 4.69) is 19.2 Å². The van der Waals surface area contributed by atoms with E-state index in [0.29, 0.717) is 40.1 Å². The Morgan fingerprint density at radius 3 is 2.46 bits per heavy atom. The second-order valence-electron chi connectivity index (χ2n) is 9.73. The Balaban J connectivity index is 1.69. The number of nitrogens with one attached hydrogen (secondary N) is 1. The zero-order chi connectivity index (χ0) is 26.5. The van der Waals surface area contributed by atoms with E-state index in [1.807, 2.05) is 0 Å². The minimum absolute atomic E-state index is 0.00905. The SMILES string of the molecule is CC(C)CCCCCCNC(=O)c1ccc(C(=O)O)c(-c2c3ccc(=O)cc-3oc3cc(O)ccc23)c1. The van der Waals surface area contributed by atoms with Crippen LogP contribution in [0.1, 0.15) is 66.7 Å². The predicted octanol–water partition coefficient (Wildman–Crippen LogP) is 6.30. The predicted molar refractivity (Wildman–Crippen MR) is 143 cm³/mol. The van der Waals surface area contributed by atoms with Gasteiger partial charge in [0.05, 0.1) is 5.56 Å². The van der Waals surface area contributed by atoms with Crippen molar-refractivity contribution >= 4 is 22.8 Å². The molecule has 0 bridgehead atoms. The third kappa shape index (κ3) is 6.00. The molecule has 0 aromatic heterocycles. The molecule has 0 fully saturated rings. The number of carboxylic acid groups (broad SMARTS) is 1. The fourth-order valence-corrected chi connectivity index (χ4v) is 4.56. The van der Waals surface area contributed by atoms with Crippen LogP contribution in [0.2, 0.25) is 0 Å². The van der Waals surface area contributed by atoms with E-state index in [1.165, 1.54) is 49.2 Å². The highest BCUT2D eigenvalue weighted by Gasteiger charge is 2.23. The molecule has 1 amide bonds. The van der Waals surface area contributed by atoms with Crippen LogP contribution in [0.3, 0.4) is 0 Å². The summed E-state index contributed by atoms with van der Waals surface area (Å²) in [5, 5.41) is 23.4. The number of aromatic carboxylic acids is 1. The van der Waals surface area contributed by atoms with Gasteiger partial charge in [-0.15, -0.1) is 0 Å². The molecule has 37 heavy (non-hydrogen) atoms. The molecule has 2 aromatic rings. The molecular weight excluding hydrogens is 470 g/mol. The van der Waals surface area contributed by atoms with Crippen molar-refractivity contribution in [2.24, 2.45) is 5.92 Å². The summed E-state index contributed by atoms with van der Waals surface area (Å²) in [5.74, 6) is -0.512. The molecule has 2 aliphatic rings. The molecule has 0 saturated carbocycles. The summed E-state index contributed by atoms with van der Waals surface area (Å²) >= 11 is 0. The summed E-state index contributed by atoms with van der Waals surface area (Å²) in [7, 11) is 0. The van der Waals surface area contributed by atoms with E-state index in [-0.39, 0.29) is 34.0 Å². The lowest BCUT2D eigenvalue weighted by molar-refractivity contribution is 0.0697. The molecule has 0 unspecified atom stereocenters. The number of benzene rings is 3. The van der Waals surface area contributed by atoms with Gasteiger partial charge in [0.1, 0.15) is 17.1 Å². The van der Waals surface area contributed by atoms with Gasteiger partial charge in [-0.2, -0.15) is 0 Å². The Hall–Kier alpha value is -4.13. The summed E-state index contributed by atoms with van der Waals surface area (Å²) < 4.78 is 5.87. The minimum atomic E-state index is -1.15. The van der Waals surface area contributed by atoms with Crippen LogP contribution in [0.5, 0.6) is 5.75 Å². The quantitative estimate of drug-likeness (QED) is 0.173. The van der Waals surface area contributed by atoms with Crippen molar-refractivity contribution in [3.8, 4) is 28.2 Å². The number of carboxylic acids is 1. The van der Waals surface area contributed by atoms with Crippen LogP contribution in [0.15, 0.2) is 63.8 Å². The Kier molecular flexibility index (Phi) is 7.92. The monoisotopic (exact) mass is 501 g/mol. The first-order valence-electron chi connectivity index (χ1n) is 12.6. The van der Waals surface area contributed by atoms with Gasteiger partial charge in [0.2, 0.25) is 0 Å². The highest BCUT2D eigenvalue weighted by atomic mass is 16.4. The maximum atomic E-state index is 13.0. The maximum absolute atomic E-state index is 13.0. The average molecular weight is 502 g/mol. The molecule has 4 rings (SSSR count). The van der Waals surface area contributed by atoms with Crippen LogP contribution < -0.4 is 10.7 Å². The van der Waals surface area contributed by atoms with Crippen LogP contribution in [-0.2, 0) is 0 Å². The number of fused-ring (bicyclic) bond motifs is 2. The normalized spacial score (nSPS) is 11.3. The zero-order valence-electron chi connectivity index (χ0n) is 21.0. The number of phenols is 1. The molecule has 2 aromatic carbocycles. The summed E-state index contributed by atoms with van der Waals surface area (Å²) in [5.41, 5.74) is 1.72. The molecule has 0 atom stereocenters. The number of amides is 1. The molecule has 7 heteroatoms. The Morgan fingerprint density at radius 1 is 0.919 bits per heavy atom. The van der Waals surface area contributed by atoms with Crippen molar-refractivity contribution in [3.05, 3.63) is 75.9 Å². The summed E-state index contributed by atoms with van der Waals surface area (Å²) in [6.45, 7) is 4.97. The molecule has 0 radical (unpaired) electrons. The third-order valence-corrected chi connectivity index (χ3v) is 6.45. The molecule has 0 saturated heterocycles. The summed E-state index contributed by atoms with van der Waals surface area (Å²) in [6, 6.07) is 13.3. The standard InChI is InChI=1S/C30H31NO6/c1-18(2)7-5-3-4-6-14-31-29(34)19-8-11-22(30(35)36)25(15-19)28-23-12-9-20(32)16-26(23)37-27-17-21(33)10-13-24(27)28/h8-13,15-18,32H,3-7,14H2,1-2H3,(H,31,34)(H,35,36). The number of hydrogen-bond acceptors (Lipinski definition) is 5. The fourth-order valence-electron chi connectivity index (χ4n) is 4.56. The maximum Gasteiger partial charge on any atom is 0.336 e. The van der Waals surface area contributed by atoms with Crippen molar-refractivity contribution < 1.29 is 24.2 Å². The van der Waals surface area contributed by atoms with E-state index < -0.39 is 5.97 Å². The number of aromatic hydroxyl groups is 1. The minimum Gasteiger partial charge on any atom is -0.508 e. The molecule has 192 valence electrons. The second kappa shape index (κ2) is 11.3. The topological polar surface area (TPSA) is 117 Å². The highest BCUT2D eigenvalue weighted by molar-refractivity contribution is 6.09. The molecular formula is C30H31NO6. The van der Waals surface area contributed by atoms with Gasteiger partial charge >= 0.3 is 5.97 Å². The van der Waals surface area contributed by atoms with E-state index >= 15 is 0 Å². The molecule has 1 heterocycles. The number of carbonyl (C=O) groups is 2. The molecule has 3 N–H and O–H groups in total. The number of carbonyl (C=O) groups excluding carboxylic acids is 1. The van der Waals surface area contributed by atoms with Crippen molar-refractivity contribution in [1.29, 1.82) is 0 Å². The summed E-state index contributed by atoms with van der Waals surface area (Å²) in [6.07, 6.45) is 5.43. The van der Waals surface area contributed by atoms with E-state index in [4.69, 9.17) is 4.42 Å². The Morgan fingerprint density at radius 2 is 1.70 bits per heavy atom. The third-order valence-electron chi connectivity index (χ3n) is 6.45. The number of unbranched alkanes of at least 4 members (excludes halogenated alkanes) is 3. The van der Waals surface area contributed by atoms with Gasteiger partial charge in [-0.3, -0.25) is 9.59 Å². The second-order valence-corrected chi connectivity index (χ2v) is 9.73. The first kappa shape index (κ1) is 25.9.